The van der Waals surface area contributed by atoms with Gasteiger partial charge in [-0.05, 0) is 12.8 Å². The number of carboxylic acids is 1. The second-order valence-corrected chi connectivity index (χ2v) is 6.05. The average Bonchev–Trinajstić information content (AvgIpc) is 2.95. The van der Waals surface area contributed by atoms with Crippen LogP contribution in [0.15, 0.2) is 34.9 Å². The molecule has 3 rings (SSSR count). The topological polar surface area (TPSA) is 84.6 Å². The second-order valence-electron chi connectivity index (χ2n) is 6.05. The van der Waals surface area contributed by atoms with Gasteiger partial charge < -0.3 is 19.7 Å². The Kier molecular flexibility index (Phi) is 4.34. The number of carbonyl (C=O) groups is 1. The largest absolute Gasteiger partial charge is 0.477 e. The number of rotatable bonds is 7. The van der Waals surface area contributed by atoms with Gasteiger partial charge in [0.05, 0.1) is 6.61 Å². The molecule has 0 unspecified atom stereocenters. The lowest BCUT2D eigenvalue weighted by molar-refractivity contribution is 0.0281. The molecule has 2 N–H and O–H groups in total. The van der Waals surface area contributed by atoms with Crippen LogP contribution >= 0.6 is 0 Å². The molecule has 1 aliphatic rings. The number of hydrogen-bond donors (Lipinski definition) is 2. The first-order valence-electron chi connectivity index (χ1n) is 7.66. The molecular weight excluding hydrogens is 296 g/mol. The first-order chi connectivity index (χ1) is 11.2. The summed E-state index contributed by atoms with van der Waals surface area (Å²) in [5.41, 5.74) is 0.833. The van der Waals surface area contributed by atoms with E-state index in [0.717, 1.165) is 12.8 Å². The van der Waals surface area contributed by atoms with Crippen LogP contribution in [0.3, 0.4) is 0 Å². The fourth-order valence-electron chi connectivity index (χ4n) is 3.02. The first kappa shape index (κ1) is 15.6. The van der Waals surface area contributed by atoms with E-state index in [-0.39, 0.29) is 22.6 Å². The number of hydrogen-bond acceptors (Lipinski definition) is 5. The highest BCUT2D eigenvalue weighted by atomic mass is 16.5. The Morgan fingerprint density at radius 3 is 2.70 bits per heavy atom. The highest BCUT2D eigenvalue weighted by Crippen LogP contribution is 2.41. The maximum absolute atomic E-state index is 11.6. The number of aromatic nitrogens is 1. The first-order valence-corrected chi connectivity index (χ1v) is 7.66. The number of benzene rings is 1. The molecule has 6 nitrogen and oxygen atoms in total. The highest BCUT2D eigenvalue weighted by Gasteiger charge is 2.37. The van der Waals surface area contributed by atoms with E-state index in [9.17, 15) is 9.90 Å². The Balaban J connectivity index is 1.83. The lowest BCUT2D eigenvalue weighted by atomic mass is 9.69. The van der Waals surface area contributed by atoms with Crippen LogP contribution in [0.5, 0.6) is 0 Å². The van der Waals surface area contributed by atoms with Crippen molar-refractivity contribution in [2.75, 3.05) is 25.6 Å². The molecule has 1 heterocycles. The Morgan fingerprint density at radius 1 is 1.39 bits per heavy atom. The summed E-state index contributed by atoms with van der Waals surface area (Å²) in [7, 11) is 1.69. The smallest absolute Gasteiger partial charge is 0.343 e. The van der Waals surface area contributed by atoms with Crippen molar-refractivity contribution in [3.63, 3.8) is 0 Å². The van der Waals surface area contributed by atoms with Gasteiger partial charge in [-0.3, -0.25) is 0 Å². The van der Waals surface area contributed by atoms with E-state index in [2.05, 4.69) is 10.5 Å². The van der Waals surface area contributed by atoms with Gasteiger partial charge in [0.25, 0.3) is 0 Å². The third-order valence-electron chi connectivity index (χ3n) is 4.44. The van der Waals surface area contributed by atoms with Crippen LogP contribution in [0.4, 0.5) is 5.82 Å². The predicted octanol–water partition coefficient (Wildman–Crippen LogP) is 3.27. The van der Waals surface area contributed by atoms with Gasteiger partial charge in [0.15, 0.2) is 17.1 Å². The summed E-state index contributed by atoms with van der Waals surface area (Å²) in [5, 5.41) is 16.6. The summed E-state index contributed by atoms with van der Waals surface area (Å²) in [6, 6.07) is 9.13. The van der Waals surface area contributed by atoms with Gasteiger partial charge >= 0.3 is 5.97 Å². The molecule has 0 amide bonds. The molecular formula is C17H20N2O4. The standard InChI is InChI=1S/C17H20N2O4/c1-22-11-17(8-5-9-17)10-18-15-13(16(20)21)14(23-19-15)12-6-3-2-4-7-12/h2-4,6-7H,5,8-11H2,1H3,(H,18,19)(H,20,21). The molecule has 0 aliphatic heterocycles. The minimum atomic E-state index is -1.05. The molecule has 1 fully saturated rings. The van der Waals surface area contributed by atoms with Crippen molar-refractivity contribution >= 4 is 11.8 Å². The van der Waals surface area contributed by atoms with Gasteiger partial charge in [-0.1, -0.05) is 41.9 Å². The minimum Gasteiger partial charge on any atom is -0.477 e. The zero-order valence-electron chi connectivity index (χ0n) is 13.0. The summed E-state index contributed by atoms with van der Waals surface area (Å²) in [6.07, 6.45) is 3.31. The van der Waals surface area contributed by atoms with Crippen molar-refractivity contribution < 1.29 is 19.2 Å². The van der Waals surface area contributed by atoms with Crippen LogP contribution in [0.2, 0.25) is 0 Å². The molecule has 1 aromatic carbocycles. The Hall–Kier alpha value is -2.34. The van der Waals surface area contributed by atoms with E-state index >= 15 is 0 Å². The molecule has 6 heteroatoms. The summed E-state index contributed by atoms with van der Waals surface area (Å²) < 4.78 is 10.6. The second kappa shape index (κ2) is 6.42. The van der Waals surface area contributed by atoms with Crippen molar-refractivity contribution in [1.82, 2.24) is 5.16 Å². The van der Waals surface area contributed by atoms with Gasteiger partial charge in [0, 0.05) is 24.6 Å². The number of nitrogens with one attached hydrogen (secondary N) is 1. The van der Waals surface area contributed by atoms with Gasteiger partial charge in [0.2, 0.25) is 0 Å². The van der Waals surface area contributed by atoms with E-state index in [4.69, 9.17) is 9.26 Å². The van der Waals surface area contributed by atoms with Gasteiger partial charge in [0.1, 0.15) is 0 Å². The molecule has 2 aromatic rings. The molecule has 0 radical (unpaired) electrons. The molecule has 0 bridgehead atoms. The maximum atomic E-state index is 11.6. The van der Waals surface area contributed by atoms with Crippen LogP contribution < -0.4 is 5.32 Å². The monoisotopic (exact) mass is 316 g/mol. The van der Waals surface area contributed by atoms with Gasteiger partial charge in [-0.2, -0.15) is 0 Å². The number of methoxy groups -OCH3 is 1. The third kappa shape index (κ3) is 3.07. The van der Waals surface area contributed by atoms with Crippen molar-refractivity contribution in [3.8, 4) is 11.3 Å². The van der Waals surface area contributed by atoms with Crippen LogP contribution in [0.25, 0.3) is 11.3 Å². The quantitative estimate of drug-likeness (QED) is 0.815. The molecule has 0 saturated heterocycles. The highest BCUT2D eigenvalue weighted by molar-refractivity contribution is 5.99. The van der Waals surface area contributed by atoms with E-state index in [1.165, 1.54) is 6.42 Å². The summed E-state index contributed by atoms with van der Waals surface area (Å²) in [6.45, 7) is 1.29. The number of aromatic carboxylic acids is 1. The Labute approximate surface area is 134 Å². The predicted molar refractivity (Wildman–Crippen MR) is 85.5 cm³/mol. The van der Waals surface area contributed by atoms with E-state index in [0.29, 0.717) is 18.7 Å². The lowest BCUT2D eigenvalue weighted by Gasteiger charge is -2.41. The van der Waals surface area contributed by atoms with E-state index in [1.807, 2.05) is 18.2 Å². The number of carboxylic acid groups (broad SMARTS) is 1. The summed E-state index contributed by atoms with van der Waals surface area (Å²) >= 11 is 0. The van der Waals surface area contributed by atoms with Crippen molar-refractivity contribution in [2.24, 2.45) is 5.41 Å². The fourth-order valence-corrected chi connectivity index (χ4v) is 3.02. The van der Waals surface area contributed by atoms with Crippen LogP contribution in [0, 0.1) is 5.41 Å². The van der Waals surface area contributed by atoms with Crippen molar-refractivity contribution in [1.29, 1.82) is 0 Å². The molecule has 1 aliphatic carbocycles. The number of ether oxygens (including phenoxy) is 1. The molecule has 1 aromatic heterocycles. The molecule has 23 heavy (non-hydrogen) atoms. The Morgan fingerprint density at radius 2 is 2.13 bits per heavy atom. The van der Waals surface area contributed by atoms with Gasteiger partial charge in [-0.15, -0.1) is 0 Å². The average molecular weight is 316 g/mol. The minimum absolute atomic E-state index is 0.0659. The maximum Gasteiger partial charge on any atom is 0.343 e. The lowest BCUT2D eigenvalue weighted by Crippen LogP contribution is -2.40. The zero-order chi connectivity index (χ0) is 16.3. The molecule has 0 atom stereocenters. The SMILES string of the molecule is COCC1(CNc2noc(-c3ccccc3)c2C(=O)O)CCC1. The number of anilines is 1. The van der Waals surface area contributed by atoms with E-state index in [1.54, 1.807) is 19.2 Å². The Bertz CT molecular complexity index is 677. The molecule has 1 saturated carbocycles. The van der Waals surface area contributed by atoms with Gasteiger partial charge in [-0.25, -0.2) is 4.79 Å². The van der Waals surface area contributed by atoms with E-state index < -0.39 is 5.97 Å². The third-order valence-corrected chi connectivity index (χ3v) is 4.44. The normalized spacial score (nSPS) is 15.9. The van der Waals surface area contributed by atoms with Crippen LogP contribution in [-0.4, -0.2) is 36.5 Å². The summed E-state index contributed by atoms with van der Waals surface area (Å²) in [4.78, 5) is 11.6. The summed E-state index contributed by atoms with van der Waals surface area (Å²) in [5.74, 6) is -0.504. The fraction of sp³-hybridized carbons (Fsp3) is 0.412. The molecule has 0 spiro atoms. The van der Waals surface area contributed by atoms with Crippen LogP contribution in [0.1, 0.15) is 29.6 Å². The zero-order valence-corrected chi connectivity index (χ0v) is 13.0. The van der Waals surface area contributed by atoms with Crippen LogP contribution in [-0.2, 0) is 4.74 Å². The van der Waals surface area contributed by atoms with Crippen molar-refractivity contribution in [3.05, 3.63) is 35.9 Å². The number of nitrogens with zero attached hydrogens (tertiary/aromatic N) is 1. The molecule has 122 valence electrons. The van der Waals surface area contributed by atoms with Crippen molar-refractivity contribution in [2.45, 2.75) is 19.3 Å².